The lowest BCUT2D eigenvalue weighted by Gasteiger charge is -2.28. The molecule has 1 aliphatic carbocycles. The number of rotatable bonds is 4. The molecule has 6 heteroatoms. The first-order chi connectivity index (χ1) is 10.0. The van der Waals surface area contributed by atoms with Gasteiger partial charge in [-0.15, -0.1) is 0 Å². The Kier molecular flexibility index (Phi) is 4.77. The molecule has 1 saturated carbocycles. The molecule has 0 saturated heterocycles. The van der Waals surface area contributed by atoms with Crippen LogP contribution in [0, 0.1) is 16.0 Å². The molecular formula is C15H19NO5. The smallest absolute Gasteiger partial charge is 0.310 e. The molecule has 21 heavy (non-hydrogen) atoms. The third kappa shape index (κ3) is 3.32. The van der Waals surface area contributed by atoms with Crippen LogP contribution in [0.5, 0.6) is 5.75 Å². The van der Waals surface area contributed by atoms with Crippen LogP contribution >= 0.6 is 0 Å². The second kappa shape index (κ2) is 6.56. The summed E-state index contributed by atoms with van der Waals surface area (Å²) in [5.41, 5.74) is 0.268. The van der Waals surface area contributed by atoms with Crippen LogP contribution in [0.3, 0.4) is 0 Å². The van der Waals surface area contributed by atoms with Gasteiger partial charge in [0.1, 0.15) is 0 Å². The van der Waals surface area contributed by atoms with Gasteiger partial charge in [0, 0.05) is 11.6 Å². The van der Waals surface area contributed by atoms with E-state index in [2.05, 4.69) is 0 Å². The maximum Gasteiger partial charge on any atom is 0.310 e. The molecule has 6 nitrogen and oxygen atoms in total. The Morgan fingerprint density at radius 3 is 2.90 bits per heavy atom. The summed E-state index contributed by atoms with van der Waals surface area (Å²) >= 11 is 0. The molecule has 1 N–H and O–H groups in total. The van der Waals surface area contributed by atoms with E-state index in [4.69, 9.17) is 4.74 Å². The van der Waals surface area contributed by atoms with E-state index in [1.54, 1.807) is 19.1 Å². The van der Waals surface area contributed by atoms with Gasteiger partial charge in [-0.05, 0) is 32.1 Å². The van der Waals surface area contributed by atoms with Gasteiger partial charge in [-0.25, -0.2) is 0 Å². The van der Waals surface area contributed by atoms with Gasteiger partial charge in [-0.1, -0.05) is 18.6 Å². The standard InChI is InChI=1S/C15H19NO5/c1-2-21-15(18)11-6-3-5-10(9-11)12-7-4-8-13(14(12)17)16(19)20/h4,7-8,10-11,17H,2-3,5-6,9H2,1H3. The summed E-state index contributed by atoms with van der Waals surface area (Å²) in [7, 11) is 0. The molecule has 0 radical (unpaired) electrons. The number of aromatic hydroxyl groups is 1. The topological polar surface area (TPSA) is 89.7 Å². The Bertz CT molecular complexity index is 543. The molecular weight excluding hydrogens is 274 g/mol. The van der Waals surface area contributed by atoms with Gasteiger partial charge in [-0.3, -0.25) is 14.9 Å². The molecule has 2 atom stereocenters. The maximum atomic E-state index is 11.8. The quantitative estimate of drug-likeness (QED) is 0.523. The Morgan fingerprint density at radius 2 is 2.24 bits per heavy atom. The lowest BCUT2D eigenvalue weighted by Crippen LogP contribution is -2.24. The van der Waals surface area contributed by atoms with E-state index >= 15 is 0 Å². The average Bonchev–Trinajstić information content (AvgIpc) is 2.47. The van der Waals surface area contributed by atoms with E-state index in [9.17, 15) is 20.0 Å². The van der Waals surface area contributed by atoms with Crippen LogP contribution in [0.4, 0.5) is 5.69 Å². The minimum atomic E-state index is -0.593. The molecule has 2 rings (SSSR count). The predicted molar refractivity (Wildman–Crippen MR) is 76.1 cm³/mol. The molecule has 1 aromatic rings. The van der Waals surface area contributed by atoms with E-state index in [1.165, 1.54) is 6.07 Å². The van der Waals surface area contributed by atoms with E-state index in [1.807, 2.05) is 0 Å². The molecule has 2 unspecified atom stereocenters. The molecule has 0 bridgehead atoms. The van der Waals surface area contributed by atoms with Gasteiger partial charge < -0.3 is 9.84 Å². The molecule has 1 aromatic carbocycles. The van der Waals surface area contributed by atoms with Crippen molar-refractivity contribution in [2.24, 2.45) is 5.92 Å². The lowest BCUT2D eigenvalue weighted by atomic mass is 9.77. The summed E-state index contributed by atoms with van der Waals surface area (Å²) in [5, 5.41) is 21.0. The number of esters is 1. The fourth-order valence-electron chi connectivity index (χ4n) is 2.97. The van der Waals surface area contributed by atoms with Crippen LogP contribution in [0.2, 0.25) is 0 Å². The largest absolute Gasteiger partial charge is 0.502 e. The van der Waals surface area contributed by atoms with E-state index < -0.39 is 4.92 Å². The Balaban J connectivity index is 2.20. The van der Waals surface area contributed by atoms with Gasteiger partial charge in [0.2, 0.25) is 0 Å². The Hall–Kier alpha value is -2.11. The predicted octanol–water partition coefficient (Wildman–Crippen LogP) is 3.14. The highest BCUT2D eigenvalue weighted by Gasteiger charge is 2.31. The summed E-state index contributed by atoms with van der Waals surface area (Å²) in [5.74, 6) is -0.737. The molecule has 0 heterocycles. The zero-order valence-electron chi connectivity index (χ0n) is 11.9. The van der Waals surface area contributed by atoms with Crippen LogP contribution < -0.4 is 0 Å². The first kappa shape index (κ1) is 15.3. The second-order valence-corrected chi connectivity index (χ2v) is 5.28. The number of hydrogen-bond donors (Lipinski definition) is 1. The van der Waals surface area contributed by atoms with Crippen LogP contribution in [-0.2, 0) is 9.53 Å². The van der Waals surface area contributed by atoms with Crippen LogP contribution in [0.15, 0.2) is 18.2 Å². The van der Waals surface area contributed by atoms with Crippen molar-refractivity contribution in [2.75, 3.05) is 6.61 Å². The van der Waals surface area contributed by atoms with Crippen LogP contribution in [0.25, 0.3) is 0 Å². The molecule has 0 aliphatic heterocycles. The van der Waals surface area contributed by atoms with E-state index in [0.29, 0.717) is 18.6 Å². The molecule has 1 aliphatic rings. The van der Waals surface area contributed by atoms with E-state index in [-0.39, 0.29) is 29.2 Å². The Morgan fingerprint density at radius 1 is 1.48 bits per heavy atom. The number of para-hydroxylation sites is 1. The van der Waals surface area contributed by atoms with Crippen molar-refractivity contribution in [1.82, 2.24) is 0 Å². The van der Waals surface area contributed by atoms with Crippen molar-refractivity contribution < 1.29 is 19.6 Å². The summed E-state index contributed by atoms with van der Waals surface area (Å²) in [6.45, 7) is 2.12. The zero-order chi connectivity index (χ0) is 15.4. The summed E-state index contributed by atoms with van der Waals surface area (Å²) in [6.07, 6.45) is 2.99. The van der Waals surface area contributed by atoms with Crippen LogP contribution in [0.1, 0.15) is 44.1 Å². The van der Waals surface area contributed by atoms with Crippen molar-refractivity contribution in [1.29, 1.82) is 0 Å². The SMILES string of the molecule is CCOC(=O)C1CCCC(c2cccc([N+](=O)[O-])c2O)C1. The first-order valence-electron chi connectivity index (χ1n) is 7.17. The first-order valence-corrected chi connectivity index (χ1v) is 7.17. The summed E-state index contributed by atoms with van der Waals surface area (Å²) in [4.78, 5) is 22.1. The number of ether oxygens (including phenoxy) is 1. The van der Waals surface area contributed by atoms with Gasteiger partial charge >= 0.3 is 11.7 Å². The highest BCUT2D eigenvalue weighted by molar-refractivity contribution is 5.72. The van der Waals surface area contributed by atoms with E-state index in [0.717, 1.165) is 19.3 Å². The van der Waals surface area contributed by atoms with Crippen molar-refractivity contribution in [3.8, 4) is 5.75 Å². The Labute approximate surface area is 122 Å². The van der Waals surface area contributed by atoms with Gasteiger partial charge in [0.15, 0.2) is 5.75 Å². The fourth-order valence-corrected chi connectivity index (χ4v) is 2.97. The van der Waals surface area contributed by atoms with Gasteiger partial charge in [0.05, 0.1) is 17.4 Å². The second-order valence-electron chi connectivity index (χ2n) is 5.28. The highest BCUT2D eigenvalue weighted by atomic mass is 16.6. The summed E-state index contributed by atoms with van der Waals surface area (Å²) < 4.78 is 5.05. The molecule has 0 spiro atoms. The van der Waals surface area contributed by atoms with Crippen molar-refractivity contribution in [3.05, 3.63) is 33.9 Å². The minimum absolute atomic E-state index is 0.0481. The number of carbonyl (C=O) groups excluding carboxylic acids is 1. The number of hydrogen-bond acceptors (Lipinski definition) is 5. The van der Waals surface area contributed by atoms with Crippen molar-refractivity contribution in [2.45, 2.75) is 38.5 Å². The van der Waals surface area contributed by atoms with Gasteiger partial charge in [-0.2, -0.15) is 0 Å². The average molecular weight is 293 g/mol. The van der Waals surface area contributed by atoms with Crippen LogP contribution in [-0.4, -0.2) is 22.6 Å². The number of carbonyl (C=O) groups is 1. The lowest BCUT2D eigenvalue weighted by molar-refractivity contribution is -0.386. The highest BCUT2D eigenvalue weighted by Crippen LogP contribution is 2.42. The number of nitro groups is 1. The number of nitro benzene ring substituents is 1. The third-order valence-corrected chi connectivity index (χ3v) is 3.98. The minimum Gasteiger partial charge on any atom is -0.502 e. The van der Waals surface area contributed by atoms with Gasteiger partial charge in [0.25, 0.3) is 0 Å². The van der Waals surface area contributed by atoms with Crippen molar-refractivity contribution >= 4 is 11.7 Å². The number of phenolic OH excluding ortho intramolecular Hbond substituents is 1. The normalized spacial score (nSPS) is 21.8. The molecule has 0 amide bonds. The third-order valence-electron chi connectivity index (χ3n) is 3.98. The van der Waals surface area contributed by atoms with Crippen molar-refractivity contribution in [3.63, 3.8) is 0 Å². The maximum absolute atomic E-state index is 11.8. The fraction of sp³-hybridized carbons (Fsp3) is 0.533. The zero-order valence-corrected chi connectivity index (χ0v) is 11.9. The molecule has 0 aromatic heterocycles. The number of nitrogens with zero attached hydrogens (tertiary/aromatic N) is 1. The molecule has 114 valence electrons. The number of benzene rings is 1. The summed E-state index contributed by atoms with van der Waals surface area (Å²) in [6, 6.07) is 4.55. The number of phenols is 1. The molecule has 1 fully saturated rings. The monoisotopic (exact) mass is 293 g/mol.